The molecule has 0 saturated carbocycles. The van der Waals surface area contributed by atoms with Crippen molar-refractivity contribution in [1.29, 1.82) is 0 Å². The Morgan fingerprint density at radius 3 is 2.31 bits per heavy atom. The van der Waals surface area contributed by atoms with Crippen LogP contribution in [0.2, 0.25) is 5.02 Å². The summed E-state index contributed by atoms with van der Waals surface area (Å²) in [6, 6.07) is 12.7. The van der Waals surface area contributed by atoms with Gasteiger partial charge in [-0.2, -0.15) is 0 Å². The molecule has 2 aromatic rings. The van der Waals surface area contributed by atoms with Gasteiger partial charge in [0.25, 0.3) is 0 Å². The van der Waals surface area contributed by atoms with Crippen LogP contribution in [0.15, 0.2) is 48.5 Å². The van der Waals surface area contributed by atoms with Crippen LogP contribution in [-0.4, -0.2) is 55.6 Å². The Labute approximate surface area is 194 Å². The molecule has 1 amide bonds. The number of hydrogen-bond acceptors (Lipinski definition) is 4. The highest BCUT2D eigenvalue weighted by Gasteiger charge is 2.33. The monoisotopic (exact) mass is 481 g/mol. The molecule has 3 atom stereocenters. The van der Waals surface area contributed by atoms with Gasteiger partial charge in [0.05, 0.1) is 12.3 Å². The maximum absolute atomic E-state index is 13.2. The molecule has 9 heteroatoms. The number of hydrogen-bond donors (Lipinski definition) is 1. The van der Waals surface area contributed by atoms with Crippen LogP contribution < -0.4 is 4.72 Å². The lowest BCUT2D eigenvalue weighted by atomic mass is 10.0. The lowest BCUT2D eigenvalue weighted by Gasteiger charge is -2.44. The highest BCUT2D eigenvalue weighted by Crippen LogP contribution is 2.24. The fourth-order valence-corrected chi connectivity index (χ4v) is 4.93. The molecule has 3 rings (SSSR count). The molecule has 0 radical (unpaired) electrons. The molecule has 1 fully saturated rings. The number of rotatable bonds is 7. The third-order valence-corrected chi connectivity index (χ3v) is 6.71. The van der Waals surface area contributed by atoms with E-state index in [4.69, 9.17) is 11.6 Å². The van der Waals surface area contributed by atoms with Gasteiger partial charge in [0.15, 0.2) is 0 Å². The van der Waals surface area contributed by atoms with Gasteiger partial charge in [-0.25, -0.2) is 17.5 Å². The average Bonchev–Trinajstić information content (AvgIpc) is 2.71. The standard InChI is InChI=1S/C23H29ClFN3O3S/c1-16-14-28(17(2)13-27(16)15-18-4-10-21(25)11-5-18)23(29)12-22(26-32(3,30)31)19-6-8-20(24)9-7-19/h4-11,16-17,22,26H,12-15H2,1-3H3/t16-,17+,22?/m0/s1. The maximum Gasteiger partial charge on any atom is 0.224 e. The quantitative estimate of drug-likeness (QED) is 0.656. The molecule has 0 bridgehead atoms. The number of amides is 1. The minimum Gasteiger partial charge on any atom is -0.337 e. The summed E-state index contributed by atoms with van der Waals surface area (Å²) in [4.78, 5) is 17.3. The lowest BCUT2D eigenvalue weighted by molar-refractivity contribution is -0.137. The summed E-state index contributed by atoms with van der Waals surface area (Å²) in [5.74, 6) is -0.370. The Morgan fingerprint density at radius 2 is 1.72 bits per heavy atom. The Hall–Kier alpha value is -2.00. The van der Waals surface area contributed by atoms with Crippen molar-refractivity contribution in [1.82, 2.24) is 14.5 Å². The molecule has 1 saturated heterocycles. The van der Waals surface area contributed by atoms with Crippen LogP contribution in [-0.2, 0) is 21.4 Å². The van der Waals surface area contributed by atoms with E-state index in [1.807, 2.05) is 11.8 Å². The summed E-state index contributed by atoms with van der Waals surface area (Å²) in [6.45, 7) is 5.93. The van der Waals surface area contributed by atoms with E-state index in [1.54, 1.807) is 36.4 Å². The van der Waals surface area contributed by atoms with E-state index in [9.17, 15) is 17.6 Å². The summed E-state index contributed by atoms with van der Waals surface area (Å²) >= 11 is 5.95. The number of sulfonamides is 1. The number of halogens is 2. The first kappa shape index (κ1) is 24.6. The number of carbonyl (C=O) groups excluding carboxylic acids is 1. The predicted octanol–water partition coefficient (Wildman–Crippen LogP) is 3.58. The smallest absolute Gasteiger partial charge is 0.224 e. The summed E-state index contributed by atoms with van der Waals surface area (Å²) < 4.78 is 39.6. The number of nitrogens with zero attached hydrogens (tertiary/aromatic N) is 2. The zero-order chi connectivity index (χ0) is 23.5. The van der Waals surface area contributed by atoms with E-state index < -0.39 is 16.1 Å². The van der Waals surface area contributed by atoms with Crippen LogP contribution >= 0.6 is 11.6 Å². The highest BCUT2D eigenvalue weighted by atomic mass is 35.5. The summed E-state index contributed by atoms with van der Waals surface area (Å²) in [7, 11) is -3.52. The maximum atomic E-state index is 13.2. The van der Waals surface area contributed by atoms with Gasteiger partial charge in [-0.3, -0.25) is 9.69 Å². The second kappa shape index (κ2) is 10.3. The van der Waals surface area contributed by atoms with Crippen molar-refractivity contribution in [3.05, 3.63) is 70.5 Å². The van der Waals surface area contributed by atoms with E-state index in [1.165, 1.54) is 12.1 Å². The first-order chi connectivity index (χ1) is 15.0. The minimum absolute atomic E-state index is 0.0176. The summed E-state index contributed by atoms with van der Waals surface area (Å²) in [5.41, 5.74) is 1.70. The van der Waals surface area contributed by atoms with Gasteiger partial charge in [-0.05, 0) is 49.2 Å². The topological polar surface area (TPSA) is 69.7 Å². The van der Waals surface area contributed by atoms with Gasteiger partial charge < -0.3 is 4.90 Å². The molecule has 1 heterocycles. The number of benzene rings is 2. The molecular weight excluding hydrogens is 453 g/mol. The van der Waals surface area contributed by atoms with Crippen LogP contribution in [0.4, 0.5) is 4.39 Å². The van der Waals surface area contributed by atoms with Crippen molar-refractivity contribution in [2.45, 2.75) is 44.9 Å². The van der Waals surface area contributed by atoms with Crippen molar-refractivity contribution < 1.29 is 17.6 Å². The third-order valence-electron chi connectivity index (χ3n) is 5.74. The molecule has 1 aliphatic heterocycles. The van der Waals surface area contributed by atoms with Crippen LogP contribution in [0.3, 0.4) is 0 Å². The summed E-state index contributed by atoms with van der Waals surface area (Å²) in [5, 5.41) is 0.540. The van der Waals surface area contributed by atoms with Crippen LogP contribution in [0.1, 0.15) is 37.4 Å². The van der Waals surface area contributed by atoms with Crippen molar-refractivity contribution in [2.75, 3.05) is 19.3 Å². The van der Waals surface area contributed by atoms with Crippen molar-refractivity contribution >= 4 is 27.5 Å². The predicted molar refractivity (Wildman–Crippen MR) is 124 cm³/mol. The normalized spacial score (nSPS) is 20.8. The molecule has 32 heavy (non-hydrogen) atoms. The highest BCUT2D eigenvalue weighted by molar-refractivity contribution is 7.88. The molecule has 0 spiro atoms. The minimum atomic E-state index is -3.52. The lowest BCUT2D eigenvalue weighted by Crippen LogP contribution is -2.58. The number of nitrogens with one attached hydrogen (secondary N) is 1. The molecule has 1 N–H and O–H groups in total. The average molecular weight is 482 g/mol. The van der Waals surface area contributed by atoms with E-state index >= 15 is 0 Å². The zero-order valence-electron chi connectivity index (χ0n) is 18.5. The molecule has 174 valence electrons. The van der Waals surface area contributed by atoms with Gasteiger partial charge in [0.2, 0.25) is 15.9 Å². The third kappa shape index (κ3) is 6.75. The number of piperazine rings is 1. The molecule has 2 aromatic carbocycles. The first-order valence-electron chi connectivity index (χ1n) is 10.5. The van der Waals surface area contributed by atoms with E-state index in [0.29, 0.717) is 30.2 Å². The molecule has 1 aliphatic rings. The Bertz CT molecular complexity index is 1030. The van der Waals surface area contributed by atoms with Gasteiger partial charge in [0, 0.05) is 43.2 Å². The SMILES string of the molecule is C[C@@H]1CN(Cc2ccc(F)cc2)[C@@H](C)CN1C(=O)CC(NS(C)(=O)=O)c1ccc(Cl)cc1. The van der Waals surface area contributed by atoms with E-state index in [-0.39, 0.29) is 30.2 Å². The van der Waals surface area contributed by atoms with Crippen LogP contribution in [0.5, 0.6) is 0 Å². The number of carbonyl (C=O) groups is 1. The van der Waals surface area contributed by atoms with Crippen molar-refractivity contribution in [3.8, 4) is 0 Å². The van der Waals surface area contributed by atoms with E-state index in [2.05, 4.69) is 16.5 Å². The summed E-state index contributed by atoms with van der Waals surface area (Å²) in [6.07, 6.45) is 1.10. The van der Waals surface area contributed by atoms with Crippen molar-refractivity contribution in [2.24, 2.45) is 0 Å². The van der Waals surface area contributed by atoms with E-state index in [0.717, 1.165) is 11.8 Å². The zero-order valence-corrected chi connectivity index (χ0v) is 20.0. The second-order valence-electron chi connectivity index (χ2n) is 8.50. The van der Waals surface area contributed by atoms with Crippen LogP contribution in [0, 0.1) is 5.82 Å². The second-order valence-corrected chi connectivity index (χ2v) is 10.7. The Morgan fingerprint density at radius 1 is 1.09 bits per heavy atom. The Kier molecular flexibility index (Phi) is 7.92. The van der Waals surface area contributed by atoms with Gasteiger partial charge in [-0.15, -0.1) is 0 Å². The van der Waals surface area contributed by atoms with Gasteiger partial charge in [0.1, 0.15) is 5.82 Å². The molecule has 6 nitrogen and oxygen atoms in total. The molecule has 1 unspecified atom stereocenters. The first-order valence-corrected chi connectivity index (χ1v) is 12.8. The Balaban J connectivity index is 1.69. The van der Waals surface area contributed by atoms with Gasteiger partial charge in [-0.1, -0.05) is 35.9 Å². The largest absolute Gasteiger partial charge is 0.337 e. The molecule has 0 aromatic heterocycles. The molecule has 0 aliphatic carbocycles. The molecular formula is C23H29ClFN3O3S. The fraction of sp³-hybridized carbons (Fsp3) is 0.435. The van der Waals surface area contributed by atoms with Crippen LogP contribution in [0.25, 0.3) is 0 Å². The van der Waals surface area contributed by atoms with Crippen molar-refractivity contribution in [3.63, 3.8) is 0 Å². The van der Waals surface area contributed by atoms with Gasteiger partial charge >= 0.3 is 0 Å². The fourth-order valence-electron chi connectivity index (χ4n) is 4.06.